The molecule has 0 aromatic rings. The Morgan fingerprint density at radius 3 is 2.50 bits per heavy atom. The second-order valence-corrected chi connectivity index (χ2v) is 6.15. The number of carboxylic acids is 1. The summed E-state index contributed by atoms with van der Waals surface area (Å²) in [5, 5.41) is 12.2. The molecule has 4 heteroatoms. The number of carboxylic acid groups (broad SMARTS) is 1. The zero-order valence-electron chi connectivity index (χ0n) is 11.1. The zero-order chi connectivity index (χ0) is 13.2. The number of amides is 1. The highest BCUT2D eigenvalue weighted by Crippen LogP contribution is 2.44. The summed E-state index contributed by atoms with van der Waals surface area (Å²) in [4.78, 5) is 23.2. The Bertz CT molecular complexity index is 336. The maximum absolute atomic E-state index is 12.0. The predicted octanol–water partition coefficient (Wildman–Crippen LogP) is 2.33. The van der Waals surface area contributed by atoms with Gasteiger partial charge in [0.2, 0.25) is 5.91 Å². The van der Waals surface area contributed by atoms with Gasteiger partial charge in [-0.2, -0.15) is 0 Å². The molecule has 2 N–H and O–H groups in total. The van der Waals surface area contributed by atoms with Crippen molar-refractivity contribution in [3.8, 4) is 0 Å². The lowest BCUT2D eigenvalue weighted by molar-refractivity contribution is -0.157. The van der Waals surface area contributed by atoms with Gasteiger partial charge in [-0.1, -0.05) is 26.2 Å². The van der Waals surface area contributed by atoms with Gasteiger partial charge in [0.1, 0.15) is 0 Å². The summed E-state index contributed by atoms with van der Waals surface area (Å²) in [6.45, 7) is 2.21. The first-order valence-electron chi connectivity index (χ1n) is 7.05. The van der Waals surface area contributed by atoms with E-state index in [9.17, 15) is 14.7 Å². The molecule has 0 aliphatic heterocycles. The molecule has 0 bridgehead atoms. The highest BCUT2D eigenvalue weighted by molar-refractivity contribution is 5.85. The van der Waals surface area contributed by atoms with Crippen LogP contribution in [-0.2, 0) is 9.59 Å². The molecule has 1 amide bonds. The van der Waals surface area contributed by atoms with Crippen molar-refractivity contribution in [2.75, 3.05) is 0 Å². The largest absolute Gasteiger partial charge is 0.481 e. The molecule has 2 saturated carbocycles. The van der Waals surface area contributed by atoms with Crippen LogP contribution in [0.4, 0.5) is 0 Å². The SMILES string of the molecule is CC1CCCC(NC(=O)CC2(C(=O)O)CCC2)C1. The van der Waals surface area contributed by atoms with Gasteiger partial charge in [0, 0.05) is 12.5 Å². The monoisotopic (exact) mass is 253 g/mol. The molecular weight excluding hydrogens is 230 g/mol. The van der Waals surface area contributed by atoms with Crippen LogP contribution in [0, 0.1) is 11.3 Å². The second kappa shape index (κ2) is 5.29. The predicted molar refractivity (Wildman–Crippen MR) is 68.1 cm³/mol. The molecule has 0 aromatic heterocycles. The van der Waals surface area contributed by atoms with Crippen molar-refractivity contribution < 1.29 is 14.7 Å². The lowest BCUT2D eigenvalue weighted by Crippen LogP contribution is -2.45. The number of rotatable bonds is 4. The summed E-state index contributed by atoms with van der Waals surface area (Å²) in [7, 11) is 0. The summed E-state index contributed by atoms with van der Waals surface area (Å²) in [5.41, 5.74) is -0.760. The summed E-state index contributed by atoms with van der Waals surface area (Å²) in [6, 6.07) is 0.257. The molecule has 2 rings (SSSR count). The minimum Gasteiger partial charge on any atom is -0.481 e. The Kier molecular flexibility index (Phi) is 3.93. The maximum Gasteiger partial charge on any atom is 0.310 e. The van der Waals surface area contributed by atoms with Crippen LogP contribution in [0.2, 0.25) is 0 Å². The summed E-state index contributed by atoms with van der Waals surface area (Å²) in [6.07, 6.45) is 6.87. The maximum atomic E-state index is 12.0. The van der Waals surface area contributed by atoms with E-state index in [1.165, 1.54) is 6.42 Å². The number of carbonyl (C=O) groups is 2. The topological polar surface area (TPSA) is 66.4 Å². The van der Waals surface area contributed by atoms with E-state index in [1.54, 1.807) is 0 Å². The van der Waals surface area contributed by atoms with E-state index >= 15 is 0 Å². The van der Waals surface area contributed by atoms with Crippen molar-refractivity contribution in [1.82, 2.24) is 5.32 Å². The minimum absolute atomic E-state index is 0.0730. The smallest absolute Gasteiger partial charge is 0.310 e. The summed E-state index contributed by atoms with van der Waals surface area (Å²) in [5.74, 6) is -0.210. The number of nitrogens with one attached hydrogen (secondary N) is 1. The quantitative estimate of drug-likeness (QED) is 0.808. The Morgan fingerprint density at radius 2 is 2.00 bits per heavy atom. The molecule has 0 heterocycles. The van der Waals surface area contributed by atoms with E-state index in [0.29, 0.717) is 18.8 Å². The van der Waals surface area contributed by atoms with Crippen LogP contribution < -0.4 is 5.32 Å². The van der Waals surface area contributed by atoms with Crippen molar-refractivity contribution in [2.24, 2.45) is 11.3 Å². The fourth-order valence-corrected chi connectivity index (χ4v) is 3.22. The summed E-state index contributed by atoms with van der Waals surface area (Å²) < 4.78 is 0. The Labute approximate surface area is 108 Å². The second-order valence-electron chi connectivity index (χ2n) is 6.15. The van der Waals surface area contributed by atoms with Crippen molar-refractivity contribution in [1.29, 1.82) is 0 Å². The highest BCUT2D eigenvalue weighted by Gasteiger charge is 2.46. The first kappa shape index (κ1) is 13.4. The molecule has 102 valence electrons. The third-order valence-corrected chi connectivity index (χ3v) is 4.56. The summed E-state index contributed by atoms with van der Waals surface area (Å²) >= 11 is 0. The lowest BCUT2D eigenvalue weighted by atomic mass is 9.66. The van der Waals surface area contributed by atoms with E-state index < -0.39 is 11.4 Å². The van der Waals surface area contributed by atoms with Crippen LogP contribution in [0.1, 0.15) is 58.3 Å². The molecule has 18 heavy (non-hydrogen) atoms. The Morgan fingerprint density at radius 1 is 1.28 bits per heavy atom. The van der Waals surface area contributed by atoms with Crippen molar-refractivity contribution in [3.63, 3.8) is 0 Å². The number of carbonyl (C=O) groups excluding carboxylic acids is 1. The normalized spacial score (nSPS) is 30.3. The first-order valence-corrected chi connectivity index (χ1v) is 7.05. The number of aliphatic carboxylic acids is 1. The van der Waals surface area contributed by atoms with Gasteiger partial charge >= 0.3 is 5.97 Å². The average molecular weight is 253 g/mol. The number of hydrogen-bond donors (Lipinski definition) is 2. The van der Waals surface area contributed by atoms with Crippen LogP contribution >= 0.6 is 0 Å². The van der Waals surface area contributed by atoms with Crippen molar-refractivity contribution >= 4 is 11.9 Å². The highest BCUT2D eigenvalue weighted by atomic mass is 16.4. The molecule has 4 nitrogen and oxygen atoms in total. The van der Waals surface area contributed by atoms with Crippen LogP contribution in [0.25, 0.3) is 0 Å². The molecule has 0 aromatic carbocycles. The minimum atomic E-state index is -0.805. The molecular formula is C14H23NO3. The molecule has 0 radical (unpaired) electrons. The Hall–Kier alpha value is -1.06. The van der Waals surface area contributed by atoms with Gasteiger partial charge in [-0.3, -0.25) is 9.59 Å². The van der Waals surface area contributed by atoms with Gasteiger partial charge in [-0.05, 0) is 31.6 Å². The van der Waals surface area contributed by atoms with E-state index in [4.69, 9.17) is 0 Å². The van der Waals surface area contributed by atoms with Crippen LogP contribution in [-0.4, -0.2) is 23.0 Å². The Balaban J connectivity index is 1.83. The fraction of sp³-hybridized carbons (Fsp3) is 0.857. The van der Waals surface area contributed by atoms with E-state index in [1.807, 2.05) is 0 Å². The van der Waals surface area contributed by atoms with Gasteiger partial charge in [0.25, 0.3) is 0 Å². The van der Waals surface area contributed by atoms with Crippen molar-refractivity contribution in [3.05, 3.63) is 0 Å². The van der Waals surface area contributed by atoms with Gasteiger partial charge in [0.15, 0.2) is 0 Å². The van der Waals surface area contributed by atoms with Crippen LogP contribution in [0.15, 0.2) is 0 Å². The first-order chi connectivity index (χ1) is 8.52. The third kappa shape index (κ3) is 2.85. The van der Waals surface area contributed by atoms with Crippen molar-refractivity contribution in [2.45, 2.75) is 64.3 Å². The molecule has 2 atom stereocenters. The average Bonchev–Trinajstić information content (AvgIpc) is 2.23. The standard InChI is InChI=1S/C14H23NO3/c1-10-4-2-5-11(8-10)15-12(16)9-14(13(17)18)6-3-7-14/h10-11H,2-9H2,1H3,(H,15,16)(H,17,18). The van der Waals surface area contributed by atoms with E-state index in [-0.39, 0.29) is 18.4 Å². The molecule has 0 spiro atoms. The van der Waals surface area contributed by atoms with Crippen LogP contribution in [0.5, 0.6) is 0 Å². The van der Waals surface area contributed by atoms with E-state index in [2.05, 4.69) is 12.2 Å². The molecule has 2 aliphatic rings. The van der Waals surface area contributed by atoms with Crippen LogP contribution in [0.3, 0.4) is 0 Å². The van der Waals surface area contributed by atoms with Gasteiger partial charge < -0.3 is 10.4 Å². The molecule has 2 fully saturated rings. The zero-order valence-corrected chi connectivity index (χ0v) is 11.1. The lowest BCUT2D eigenvalue weighted by Gasteiger charge is -2.37. The number of hydrogen-bond acceptors (Lipinski definition) is 2. The van der Waals surface area contributed by atoms with E-state index in [0.717, 1.165) is 25.7 Å². The third-order valence-electron chi connectivity index (χ3n) is 4.56. The van der Waals surface area contributed by atoms with Gasteiger partial charge in [-0.25, -0.2) is 0 Å². The van der Waals surface area contributed by atoms with Gasteiger partial charge in [-0.15, -0.1) is 0 Å². The molecule has 2 unspecified atom stereocenters. The fourth-order valence-electron chi connectivity index (χ4n) is 3.22. The van der Waals surface area contributed by atoms with Gasteiger partial charge in [0.05, 0.1) is 5.41 Å². The molecule has 0 saturated heterocycles. The molecule has 2 aliphatic carbocycles.